The van der Waals surface area contributed by atoms with Crippen LogP contribution in [0.1, 0.15) is 18.9 Å². The van der Waals surface area contributed by atoms with Gasteiger partial charge in [0, 0.05) is 26.2 Å². The fourth-order valence-electron chi connectivity index (χ4n) is 2.27. The minimum atomic E-state index is 0.0517. The van der Waals surface area contributed by atoms with Gasteiger partial charge in [0.25, 0.3) is 0 Å². The summed E-state index contributed by atoms with van der Waals surface area (Å²) in [4.78, 5) is 4.61. The molecule has 0 spiro atoms. The number of anilines is 1. The highest BCUT2D eigenvalue weighted by Gasteiger charge is 2.20. The van der Waals surface area contributed by atoms with Gasteiger partial charge in [-0.2, -0.15) is 5.10 Å². The molecule has 0 unspecified atom stereocenters. The molecule has 1 aliphatic rings. The van der Waals surface area contributed by atoms with Crippen LogP contribution in [0.25, 0.3) is 0 Å². The van der Waals surface area contributed by atoms with Crippen molar-refractivity contribution in [3.63, 3.8) is 0 Å². The van der Waals surface area contributed by atoms with Crippen LogP contribution in [0.4, 0.5) is 5.82 Å². The predicted octanol–water partition coefficient (Wildman–Crippen LogP) is 0.293. The molecule has 1 fully saturated rings. The first kappa shape index (κ1) is 12.8. The molecule has 1 aromatic heterocycles. The molecular weight excluding hydrogens is 228 g/mol. The van der Waals surface area contributed by atoms with Gasteiger partial charge in [-0.1, -0.05) is 6.92 Å². The van der Waals surface area contributed by atoms with Crippen molar-refractivity contribution in [1.29, 1.82) is 5.41 Å². The van der Waals surface area contributed by atoms with Crippen LogP contribution in [-0.2, 0) is 0 Å². The number of hydrogen-bond donors (Lipinski definition) is 2. The first-order valence-electron chi connectivity index (χ1n) is 6.35. The highest BCUT2D eigenvalue weighted by atomic mass is 15.3. The molecule has 3 N–H and O–H groups in total. The molecule has 0 saturated carbocycles. The van der Waals surface area contributed by atoms with E-state index in [2.05, 4.69) is 26.9 Å². The van der Waals surface area contributed by atoms with Crippen LogP contribution < -0.4 is 10.6 Å². The van der Waals surface area contributed by atoms with Crippen LogP contribution in [0.5, 0.6) is 0 Å². The van der Waals surface area contributed by atoms with Gasteiger partial charge >= 0.3 is 0 Å². The van der Waals surface area contributed by atoms with E-state index in [1.54, 1.807) is 12.3 Å². The van der Waals surface area contributed by atoms with Crippen LogP contribution in [0, 0.1) is 5.41 Å². The minimum Gasteiger partial charge on any atom is -0.384 e. The van der Waals surface area contributed by atoms with Crippen LogP contribution >= 0.6 is 0 Å². The second kappa shape index (κ2) is 5.77. The second-order valence-corrected chi connectivity index (χ2v) is 4.51. The van der Waals surface area contributed by atoms with E-state index in [9.17, 15) is 0 Å². The molecule has 98 valence electrons. The van der Waals surface area contributed by atoms with Crippen molar-refractivity contribution < 1.29 is 0 Å². The first-order valence-corrected chi connectivity index (χ1v) is 6.35. The lowest BCUT2D eigenvalue weighted by Crippen LogP contribution is -2.47. The van der Waals surface area contributed by atoms with Gasteiger partial charge in [-0.3, -0.25) is 10.3 Å². The number of amidine groups is 1. The molecule has 2 heterocycles. The standard InChI is InChI=1S/C12H20N6/c1-2-5-17-6-8-18(9-7-17)12-10(11(13)14)3-4-15-16-12/h3-4H,2,5-9H2,1H3,(H3,13,14). The van der Waals surface area contributed by atoms with Gasteiger partial charge in [0.05, 0.1) is 11.8 Å². The topological polar surface area (TPSA) is 82.1 Å². The monoisotopic (exact) mass is 248 g/mol. The molecule has 0 atom stereocenters. The molecule has 0 aromatic carbocycles. The Morgan fingerprint density at radius 1 is 1.39 bits per heavy atom. The average Bonchev–Trinajstić information content (AvgIpc) is 2.40. The van der Waals surface area contributed by atoms with Gasteiger partial charge in [-0.25, -0.2) is 0 Å². The van der Waals surface area contributed by atoms with Gasteiger partial charge < -0.3 is 10.6 Å². The van der Waals surface area contributed by atoms with Crippen LogP contribution in [0.15, 0.2) is 12.3 Å². The maximum atomic E-state index is 7.57. The van der Waals surface area contributed by atoms with Crippen LogP contribution in [-0.4, -0.2) is 53.7 Å². The number of aromatic nitrogens is 2. The second-order valence-electron chi connectivity index (χ2n) is 4.51. The third-order valence-corrected chi connectivity index (χ3v) is 3.20. The summed E-state index contributed by atoms with van der Waals surface area (Å²) in [6.07, 6.45) is 2.76. The van der Waals surface area contributed by atoms with Crippen molar-refractivity contribution >= 4 is 11.7 Å². The molecule has 0 amide bonds. The van der Waals surface area contributed by atoms with Crippen molar-refractivity contribution in [3.8, 4) is 0 Å². The van der Waals surface area contributed by atoms with Gasteiger partial charge in [0.2, 0.25) is 0 Å². The zero-order valence-corrected chi connectivity index (χ0v) is 10.8. The quantitative estimate of drug-likeness (QED) is 0.591. The molecule has 6 heteroatoms. The molecule has 18 heavy (non-hydrogen) atoms. The highest BCUT2D eigenvalue weighted by molar-refractivity contribution is 5.99. The van der Waals surface area contributed by atoms with Crippen molar-refractivity contribution in [2.75, 3.05) is 37.6 Å². The number of hydrogen-bond acceptors (Lipinski definition) is 5. The Hall–Kier alpha value is -1.69. The fraction of sp³-hybridized carbons (Fsp3) is 0.583. The van der Waals surface area contributed by atoms with Crippen molar-refractivity contribution in [2.24, 2.45) is 5.73 Å². The highest BCUT2D eigenvalue weighted by Crippen LogP contribution is 2.17. The lowest BCUT2D eigenvalue weighted by atomic mass is 10.2. The Balaban J connectivity index is 2.07. The zero-order chi connectivity index (χ0) is 13.0. The van der Waals surface area contributed by atoms with Crippen LogP contribution in [0.3, 0.4) is 0 Å². The van der Waals surface area contributed by atoms with E-state index in [0.29, 0.717) is 5.56 Å². The number of nitrogens with two attached hydrogens (primary N) is 1. The Morgan fingerprint density at radius 3 is 2.72 bits per heavy atom. The minimum absolute atomic E-state index is 0.0517. The van der Waals surface area contributed by atoms with E-state index in [4.69, 9.17) is 11.1 Å². The number of piperazine rings is 1. The smallest absolute Gasteiger partial charge is 0.162 e. The lowest BCUT2D eigenvalue weighted by Gasteiger charge is -2.35. The average molecular weight is 248 g/mol. The number of rotatable bonds is 4. The van der Waals surface area contributed by atoms with Gasteiger partial charge in [0.1, 0.15) is 5.84 Å². The van der Waals surface area contributed by atoms with Gasteiger partial charge in [0.15, 0.2) is 5.82 Å². The molecule has 2 rings (SSSR count). The summed E-state index contributed by atoms with van der Waals surface area (Å²) in [5.74, 6) is 0.789. The largest absolute Gasteiger partial charge is 0.384 e. The summed E-state index contributed by atoms with van der Waals surface area (Å²) < 4.78 is 0. The maximum absolute atomic E-state index is 7.57. The summed E-state index contributed by atoms with van der Waals surface area (Å²) in [6, 6.07) is 1.75. The normalized spacial score (nSPS) is 16.8. The molecule has 1 aliphatic heterocycles. The molecule has 0 bridgehead atoms. The van der Waals surface area contributed by atoms with E-state index in [-0.39, 0.29) is 5.84 Å². The SMILES string of the molecule is CCCN1CCN(c2nnccc2C(=N)N)CC1. The fourth-order valence-corrected chi connectivity index (χ4v) is 2.27. The Bertz CT molecular complexity index is 411. The molecular formula is C12H20N6. The molecule has 1 saturated heterocycles. The van der Waals surface area contributed by atoms with Crippen LogP contribution in [0.2, 0.25) is 0 Å². The Labute approximate surface area is 107 Å². The summed E-state index contributed by atoms with van der Waals surface area (Å²) in [7, 11) is 0. The zero-order valence-electron chi connectivity index (χ0n) is 10.8. The van der Waals surface area contributed by atoms with E-state index >= 15 is 0 Å². The Morgan fingerprint density at radius 2 is 2.11 bits per heavy atom. The third-order valence-electron chi connectivity index (χ3n) is 3.20. The van der Waals surface area contributed by atoms with Crippen molar-refractivity contribution in [1.82, 2.24) is 15.1 Å². The summed E-state index contributed by atoms with van der Waals surface area (Å²) in [6.45, 7) is 7.23. The van der Waals surface area contributed by atoms with E-state index in [1.807, 2.05) is 0 Å². The maximum Gasteiger partial charge on any atom is 0.162 e. The van der Waals surface area contributed by atoms with E-state index in [0.717, 1.165) is 38.5 Å². The van der Waals surface area contributed by atoms with E-state index < -0.39 is 0 Å². The van der Waals surface area contributed by atoms with Gasteiger partial charge in [-0.15, -0.1) is 5.10 Å². The number of nitrogens with zero attached hydrogens (tertiary/aromatic N) is 4. The van der Waals surface area contributed by atoms with Crippen molar-refractivity contribution in [2.45, 2.75) is 13.3 Å². The Kier molecular flexibility index (Phi) is 4.09. The van der Waals surface area contributed by atoms with E-state index in [1.165, 1.54) is 6.42 Å². The van der Waals surface area contributed by atoms with Gasteiger partial charge in [-0.05, 0) is 19.0 Å². The number of nitrogen functional groups attached to an aromatic ring is 1. The predicted molar refractivity (Wildman–Crippen MR) is 72.0 cm³/mol. The molecule has 0 aliphatic carbocycles. The lowest BCUT2D eigenvalue weighted by molar-refractivity contribution is 0.258. The molecule has 6 nitrogen and oxygen atoms in total. The van der Waals surface area contributed by atoms with Crippen molar-refractivity contribution in [3.05, 3.63) is 17.8 Å². The summed E-state index contributed by atoms with van der Waals surface area (Å²) in [5, 5.41) is 15.6. The number of nitrogens with one attached hydrogen (secondary N) is 1. The summed E-state index contributed by atoms with van der Waals surface area (Å²) >= 11 is 0. The molecule has 0 radical (unpaired) electrons. The summed E-state index contributed by atoms with van der Waals surface area (Å²) in [5.41, 5.74) is 6.25. The molecule has 1 aromatic rings. The first-order chi connectivity index (χ1) is 8.72. The third kappa shape index (κ3) is 2.76.